The number of benzene rings is 1. The fourth-order valence-electron chi connectivity index (χ4n) is 1.46. The van der Waals surface area contributed by atoms with Crippen molar-refractivity contribution < 1.29 is 14.3 Å². The third-order valence-electron chi connectivity index (χ3n) is 2.70. The number of nitrogens with one attached hydrogen (secondary N) is 1. The summed E-state index contributed by atoms with van der Waals surface area (Å²) in [5.74, 6) is -0.712. The number of halogens is 2. The van der Waals surface area contributed by atoms with Gasteiger partial charge >= 0.3 is 0 Å². The van der Waals surface area contributed by atoms with Crippen LogP contribution < -0.4 is 5.32 Å². The summed E-state index contributed by atoms with van der Waals surface area (Å²) in [6, 6.07) is 4.09. The first-order chi connectivity index (χ1) is 8.93. The third kappa shape index (κ3) is 5.38. The summed E-state index contributed by atoms with van der Waals surface area (Å²) in [5.41, 5.74) is 0.389. The summed E-state index contributed by atoms with van der Waals surface area (Å²) in [6.45, 7) is 2.01. The van der Waals surface area contributed by atoms with E-state index in [9.17, 15) is 14.3 Å². The molecule has 1 aromatic carbocycles. The van der Waals surface area contributed by atoms with Gasteiger partial charge in [-0.1, -0.05) is 24.6 Å². The first-order valence-corrected chi connectivity index (χ1v) is 7.53. The Kier molecular flexibility index (Phi) is 6.62. The molecule has 0 saturated heterocycles. The number of rotatable bonds is 6. The van der Waals surface area contributed by atoms with Gasteiger partial charge in [-0.3, -0.25) is 4.79 Å². The van der Waals surface area contributed by atoms with Crippen molar-refractivity contribution in [3.63, 3.8) is 0 Å². The van der Waals surface area contributed by atoms with Crippen molar-refractivity contribution in [1.29, 1.82) is 0 Å². The van der Waals surface area contributed by atoms with Crippen LogP contribution in [0.15, 0.2) is 18.2 Å². The van der Waals surface area contributed by atoms with E-state index in [0.29, 0.717) is 12.0 Å². The molecule has 1 aromatic rings. The smallest absolute Gasteiger partial charge is 0.221 e. The molecule has 106 valence electrons. The number of thioether (sulfide) groups is 1. The lowest BCUT2D eigenvalue weighted by Crippen LogP contribution is -2.29. The van der Waals surface area contributed by atoms with E-state index in [1.807, 2.05) is 13.2 Å². The number of hydrogen-bond donors (Lipinski definition) is 2. The molecule has 0 fully saturated rings. The Morgan fingerprint density at radius 3 is 2.84 bits per heavy atom. The number of carbonyl (C=O) groups is 1. The largest absolute Gasteiger partial charge is 0.387 e. The normalized spacial score (nSPS) is 13.9. The molecule has 0 aromatic heterocycles. The third-order valence-corrected chi connectivity index (χ3v) is 3.97. The first kappa shape index (κ1) is 16.3. The fourth-order valence-corrected chi connectivity index (χ4v) is 1.90. The van der Waals surface area contributed by atoms with Crippen molar-refractivity contribution >= 4 is 29.3 Å². The minimum absolute atomic E-state index is 0.00813. The van der Waals surface area contributed by atoms with Gasteiger partial charge in [0.05, 0.1) is 11.1 Å². The fraction of sp³-hybridized carbons (Fsp3) is 0.462. The Labute approximate surface area is 121 Å². The topological polar surface area (TPSA) is 49.3 Å². The van der Waals surface area contributed by atoms with E-state index in [4.69, 9.17) is 11.6 Å². The Morgan fingerprint density at radius 2 is 2.26 bits per heavy atom. The zero-order chi connectivity index (χ0) is 14.4. The summed E-state index contributed by atoms with van der Waals surface area (Å²) < 4.78 is 13.2. The van der Waals surface area contributed by atoms with Gasteiger partial charge in [-0.2, -0.15) is 11.8 Å². The predicted molar refractivity (Wildman–Crippen MR) is 77.0 cm³/mol. The molecule has 0 radical (unpaired) electrons. The molecule has 0 heterocycles. The molecule has 0 aliphatic rings. The average Bonchev–Trinajstić information content (AvgIpc) is 2.39. The Morgan fingerprint density at radius 1 is 1.58 bits per heavy atom. The van der Waals surface area contributed by atoms with Crippen molar-refractivity contribution in [1.82, 2.24) is 5.32 Å². The average molecular weight is 306 g/mol. The maximum absolute atomic E-state index is 13.2. The summed E-state index contributed by atoms with van der Waals surface area (Å²) in [4.78, 5) is 11.5. The molecule has 0 aliphatic carbocycles. The minimum atomic E-state index is -0.944. The van der Waals surface area contributed by atoms with E-state index in [0.717, 1.165) is 0 Å². The number of amides is 1. The molecule has 1 rings (SSSR count). The van der Waals surface area contributed by atoms with Gasteiger partial charge in [0.1, 0.15) is 5.82 Å². The van der Waals surface area contributed by atoms with Crippen LogP contribution in [-0.2, 0) is 4.79 Å². The zero-order valence-electron chi connectivity index (χ0n) is 10.8. The molecule has 1 amide bonds. The second-order valence-electron chi connectivity index (χ2n) is 4.24. The van der Waals surface area contributed by atoms with Crippen LogP contribution in [-0.4, -0.2) is 29.1 Å². The maximum atomic E-state index is 13.2. The highest BCUT2D eigenvalue weighted by atomic mass is 35.5. The standard InChI is InChI=1S/C13H17ClFNO2S/c1-8(19-2)5-13(18)16-7-12(17)9-3-4-10(14)11(15)6-9/h3-4,6,8,12,17H,5,7H2,1-2H3,(H,16,18). The van der Waals surface area contributed by atoms with Crippen molar-refractivity contribution in [3.05, 3.63) is 34.6 Å². The quantitative estimate of drug-likeness (QED) is 0.849. The van der Waals surface area contributed by atoms with Gasteiger partial charge in [-0.25, -0.2) is 4.39 Å². The molecule has 19 heavy (non-hydrogen) atoms. The molecule has 3 nitrogen and oxygen atoms in total. The van der Waals surface area contributed by atoms with Crippen LogP contribution >= 0.6 is 23.4 Å². The van der Waals surface area contributed by atoms with Gasteiger partial charge in [0.2, 0.25) is 5.91 Å². The number of carbonyl (C=O) groups excluding carboxylic acids is 1. The van der Waals surface area contributed by atoms with E-state index in [-0.39, 0.29) is 22.7 Å². The second-order valence-corrected chi connectivity index (χ2v) is 5.93. The van der Waals surface area contributed by atoms with Gasteiger partial charge in [0, 0.05) is 18.2 Å². The Hall–Kier alpha value is -0.780. The zero-order valence-corrected chi connectivity index (χ0v) is 12.4. The van der Waals surface area contributed by atoms with Crippen molar-refractivity contribution in [2.24, 2.45) is 0 Å². The van der Waals surface area contributed by atoms with E-state index >= 15 is 0 Å². The molecule has 0 bridgehead atoms. The highest BCUT2D eigenvalue weighted by Gasteiger charge is 2.13. The van der Waals surface area contributed by atoms with Crippen LogP contribution in [0.5, 0.6) is 0 Å². The maximum Gasteiger partial charge on any atom is 0.221 e. The Balaban J connectivity index is 2.48. The highest BCUT2D eigenvalue weighted by Crippen LogP contribution is 2.20. The minimum Gasteiger partial charge on any atom is -0.387 e. The van der Waals surface area contributed by atoms with E-state index in [2.05, 4.69) is 5.32 Å². The van der Waals surface area contributed by atoms with Crippen LogP contribution in [0.1, 0.15) is 25.0 Å². The van der Waals surface area contributed by atoms with Crippen LogP contribution in [0.2, 0.25) is 5.02 Å². The lowest BCUT2D eigenvalue weighted by Gasteiger charge is -2.14. The molecule has 6 heteroatoms. The molecule has 0 spiro atoms. The lowest BCUT2D eigenvalue weighted by atomic mass is 10.1. The molecule has 0 aliphatic heterocycles. The predicted octanol–water partition coefficient (Wildman–Crippen LogP) is 2.77. The first-order valence-electron chi connectivity index (χ1n) is 5.86. The second kappa shape index (κ2) is 7.72. The summed E-state index contributed by atoms with van der Waals surface area (Å²) in [7, 11) is 0. The van der Waals surface area contributed by atoms with Gasteiger partial charge in [0.25, 0.3) is 0 Å². The van der Waals surface area contributed by atoms with Crippen LogP contribution in [0.4, 0.5) is 4.39 Å². The van der Waals surface area contributed by atoms with Crippen LogP contribution in [0, 0.1) is 5.82 Å². The highest BCUT2D eigenvalue weighted by molar-refractivity contribution is 7.99. The molecule has 0 saturated carbocycles. The van der Waals surface area contributed by atoms with Gasteiger partial charge < -0.3 is 10.4 Å². The summed E-state index contributed by atoms with van der Waals surface area (Å²) in [5, 5.41) is 12.7. The van der Waals surface area contributed by atoms with Gasteiger partial charge in [0.15, 0.2) is 0 Å². The summed E-state index contributed by atoms with van der Waals surface area (Å²) >= 11 is 7.16. The Bertz CT molecular complexity index is 445. The van der Waals surface area contributed by atoms with Crippen LogP contribution in [0.3, 0.4) is 0 Å². The van der Waals surface area contributed by atoms with Crippen molar-refractivity contribution in [2.45, 2.75) is 24.7 Å². The van der Waals surface area contributed by atoms with Gasteiger partial charge in [-0.15, -0.1) is 0 Å². The monoisotopic (exact) mass is 305 g/mol. The molecular formula is C13H17ClFNO2S. The summed E-state index contributed by atoms with van der Waals surface area (Å²) in [6.07, 6.45) is 1.38. The molecule has 2 unspecified atom stereocenters. The van der Waals surface area contributed by atoms with E-state index in [1.165, 1.54) is 18.2 Å². The molecular weight excluding hydrogens is 289 g/mol. The van der Waals surface area contributed by atoms with Crippen LogP contribution in [0.25, 0.3) is 0 Å². The van der Waals surface area contributed by atoms with Gasteiger partial charge in [-0.05, 0) is 24.0 Å². The van der Waals surface area contributed by atoms with E-state index in [1.54, 1.807) is 11.8 Å². The molecule has 2 N–H and O–H groups in total. The van der Waals surface area contributed by atoms with E-state index < -0.39 is 11.9 Å². The SMILES string of the molecule is CSC(C)CC(=O)NCC(O)c1ccc(Cl)c(F)c1. The lowest BCUT2D eigenvalue weighted by molar-refractivity contribution is -0.121. The van der Waals surface area contributed by atoms with Crippen molar-refractivity contribution in [2.75, 3.05) is 12.8 Å². The van der Waals surface area contributed by atoms with Crippen molar-refractivity contribution in [3.8, 4) is 0 Å². The number of hydrogen-bond acceptors (Lipinski definition) is 3. The molecule has 2 atom stereocenters. The number of aliphatic hydroxyl groups excluding tert-OH is 1. The number of aliphatic hydroxyl groups is 1.